The van der Waals surface area contributed by atoms with E-state index in [9.17, 15) is 4.79 Å². The summed E-state index contributed by atoms with van der Waals surface area (Å²) in [4.78, 5) is 14.1. The number of amides is 1. The molecular weight excluding hydrogens is 309 g/mol. The maximum Gasteiger partial charge on any atom is 0.237 e. The fourth-order valence-corrected chi connectivity index (χ4v) is 1.97. The van der Waals surface area contributed by atoms with E-state index >= 15 is 0 Å². The summed E-state index contributed by atoms with van der Waals surface area (Å²) in [5.74, 6) is -0.0731. The normalized spacial score (nSPS) is 11.2. The topological polar surface area (TPSA) is 58.4 Å². The number of nitrogens with two attached hydrogens (primary N) is 1. The van der Waals surface area contributed by atoms with E-state index < -0.39 is 6.04 Å². The fraction of sp³-hybridized carbons (Fsp3) is 0.533. The van der Waals surface area contributed by atoms with Gasteiger partial charge in [-0.05, 0) is 25.1 Å². The van der Waals surface area contributed by atoms with Crippen molar-refractivity contribution in [3.05, 3.63) is 35.9 Å². The van der Waals surface area contributed by atoms with Crippen molar-refractivity contribution in [2.45, 2.75) is 26.3 Å². The van der Waals surface area contributed by atoms with Crippen LogP contribution in [0.1, 0.15) is 19.4 Å². The zero-order valence-electron chi connectivity index (χ0n) is 12.7. The molecule has 0 saturated carbocycles. The number of hydrogen-bond donors (Lipinski definition) is 2. The van der Waals surface area contributed by atoms with E-state index in [1.165, 1.54) is 0 Å². The molecule has 21 heavy (non-hydrogen) atoms. The Kier molecular flexibility index (Phi) is 13.8. The third kappa shape index (κ3) is 8.94. The van der Waals surface area contributed by atoms with E-state index in [1.807, 2.05) is 30.3 Å². The first-order valence-electron chi connectivity index (χ1n) is 6.97. The molecule has 1 atom stereocenters. The molecular formula is C15H27Cl2N3O. The summed E-state index contributed by atoms with van der Waals surface area (Å²) in [7, 11) is 0. The quantitative estimate of drug-likeness (QED) is 0.762. The second-order valence-corrected chi connectivity index (χ2v) is 4.61. The number of rotatable bonds is 8. The lowest BCUT2D eigenvalue weighted by molar-refractivity contribution is -0.122. The van der Waals surface area contributed by atoms with Crippen LogP contribution in [0.3, 0.4) is 0 Å². The van der Waals surface area contributed by atoms with Gasteiger partial charge in [0.25, 0.3) is 0 Å². The molecule has 0 aromatic heterocycles. The molecule has 0 heterocycles. The lowest BCUT2D eigenvalue weighted by Crippen LogP contribution is -2.44. The van der Waals surface area contributed by atoms with Gasteiger partial charge in [-0.1, -0.05) is 44.2 Å². The first-order chi connectivity index (χ1) is 9.17. The predicted octanol–water partition coefficient (Wildman–Crippen LogP) is 1.86. The van der Waals surface area contributed by atoms with Crippen molar-refractivity contribution in [1.82, 2.24) is 10.2 Å². The van der Waals surface area contributed by atoms with E-state index in [-0.39, 0.29) is 30.7 Å². The van der Waals surface area contributed by atoms with Crippen molar-refractivity contribution in [3.8, 4) is 0 Å². The van der Waals surface area contributed by atoms with Gasteiger partial charge < -0.3 is 16.0 Å². The first kappa shape index (κ1) is 22.5. The Morgan fingerprint density at radius 1 is 1.19 bits per heavy atom. The van der Waals surface area contributed by atoms with E-state index in [2.05, 4.69) is 24.1 Å². The monoisotopic (exact) mass is 335 g/mol. The van der Waals surface area contributed by atoms with Gasteiger partial charge in [0, 0.05) is 13.1 Å². The molecule has 0 fully saturated rings. The fourth-order valence-electron chi connectivity index (χ4n) is 1.97. The third-order valence-electron chi connectivity index (χ3n) is 3.26. The molecule has 3 N–H and O–H groups in total. The van der Waals surface area contributed by atoms with Crippen LogP contribution >= 0.6 is 24.8 Å². The molecule has 1 aromatic rings. The number of halogens is 2. The van der Waals surface area contributed by atoms with E-state index in [1.54, 1.807) is 0 Å². The Bertz CT molecular complexity index is 372. The molecule has 0 aliphatic carbocycles. The molecule has 0 aliphatic rings. The number of benzene rings is 1. The van der Waals surface area contributed by atoms with Gasteiger partial charge in [0.2, 0.25) is 5.91 Å². The molecule has 1 rings (SSSR count). The molecule has 1 aromatic carbocycles. The molecule has 1 unspecified atom stereocenters. The summed E-state index contributed by atoms with van der Waals surface area (Å²) in [5, 5.41) is 2.90. The second kappa shape index (κ2) is 12.9. The average Bonchev–Trinajstić information content (AvgIpc) is 2.44. The van der Waals surface area contributed by atoms with Crippen LogP contribution in [0.2, 0.25) is 0 Å². The second-order valence-electron chi connectivity index (χ2n) is 4.61. The van der Waals surface area contributed by atoms with E-state index in [0.717, 1.165) is 25.2 Å². The van der Waals surface area contributed by atoms with Crippen LogP contribution in [0.4, 0.5) is 0 Å². The van der Waals surface area contributed by atoms with Crippen molar-refractivity contribution in [3.63, 3.8) is 0 Å². The molecule has 1 amide bonds. The predicted molar refractivity (Wildman–Crippen MR) is 93.4 cm³/mol. The van der Waals surface area contributed by atoms with Gasteiger partial charge in [-0.15, -0.1) is 24.8 Å². The summed E-state index contributed by atoms with van der Waals surface area (Å²) < 4.78 is 0. The smallest absolute Gasteiger partial charge is 0.237 e. The van der Waals surface area contributed by atoms with Crippen LogP contribution < -0.4 is 11.1 Å². The lowest BCUT2D eigenvalue weighted by atomic mass is 10.1. The Morgan fingerprint density at radius 3 is 2.29 bits per heavy atom. The van der Waals surface area contributed by atoms with Gasteiger partial charge in [0.15, 0.2) is 0 Å². The van der Waals surface area contributed by atoms with Crippen LogP contribution in [0, 0.1) is 0 Å². The number of nitrogens with one attached hydrogen (secondary N) is 1. The highest BCUT2D eigenvalue weighted by Crippen LogP contribution is 2.01. The highest BCUT2D eigenvalue weighted by atomic mass is 35.5. The number of nitrogens with zero attached hydrogens (tertiary/aromatic N) is 1. The molecule has 0 bridgehead atoms. The van der Waals surface area contributed by atoms with Crippen LogP contribution in [0.25, 0.3) is 0 Å². The minimum atomic E-state index is -0.473. The molecule has 0 radical (unpaired) electrons. The summed E-state index contributed by atoms with van der Waals surface area (Å²) >= 11 is 0. The molecule has 0 spiro atoms. The summed E-state index contributed by atoms with van der Waals surface area (Å²) in [6, 6.07) is 9.38. The minimum absolute atomic E-state index is 0. The number of likely N-dealkylation sites (N-methyl/N-ethyl adjacent to an activating group) is 1. The first-order valence-corrected chi connectivity index (χ1v) is 6.97. The lowest BCUT2D eigenvalue weighted by Gasteiger charge is -2.19. The standard InChI is InChI=1S/C15H25N3O.2ClH/c1-3-18(4-2)11-10-17-15(19)14(16)12-13-8-6-5-7-9-13;;/h5-9,14H,3-4,10-12,16H2,1-2H3,(H,17,19);2*1H. The van der Waals surface area contributed by atoms with Crippen molar-refractivity contribution in [2.24, 2.45) is 5.73 Å². The molecule has 0 saturated heterocycles. The van der Waals surface area contributed by atoms with E-state index in [0.29, 0.717) is 13.0 Å². The van der Waals surface area contributed by atoms with Crippen LogP contribution in [-0.2, 0) is 11.2 Å². The highest BCUT2D eigenvalue weighted by Gasteiger charge is 2.13. The zero-order chi connectivity index (χ0) is 14.1. The summed E-state index contributed by atoms with van der Waals surface area (Å²) in [5.41, 5.74) is 7.00. The van der Waals surface area contributed by atoms with Gasteiger partial charge in [0.1, 0.15) is 0 Å². The van der Waals surface area contributed by atoms with Gasteiger partial charge in [-0.3, -0.25) is 4.79 Å². The highest BCUT2D eigenvalue weighted by molar-refractivity contribution is 5.85. The average molecular weight is 336 g/mol. The van der Waals surface area contributed by atoms with E-state index in [4.69, 9.17) is 5.73 Å². The molecule has 6 heteroatoms. The van der Waals surface area contributed by atoms with Crippen molar-refractivity contribution < 1.29 is 4.79 Å². The Morgan fingerprint density at radius 2 is 1.76 bits per heavy atom. The largest absolute Gasteiger partial charge is 0.353 e. The molecule has 0 aliphatic heterocycles. The van der Waals surface area contributed by atoms with Gasteiger partial charge >= 0.3 is 0 Å². The number of carbonyl (C=O) groups excluding carboxylic acids is 1. The van der Waals surface area contributed by atoms with Gasteiger partial charge in [0.05, 0.1) is 6.04 Å². The third-order valence-corrected chi connectivity index (χ3v) is 3.26. The zero-order valence-corrected chi connectivity index (χ0v) is 14.4. The van der Waals surface area contributed by atoms with Crippen molar-refractivity contribution in [2.75, 3.05) is 26.2 Å². The van der Waals surface area contributed by atoms with Crippen LogP contribution in [0.5, 0.6) is 0 Å². The number of carbonyl (C=O) groups is 1. The van der Waals surface area contributed by atoms with Gasteiger partial charge in [-0.2, -0.15) is 0 Å². The maximum absolute atomic E-state index is 11.9. The minimum Gasteiger partial charge on any atom is -0.353 e. The summed E-state index contributed by atoms with van der Waals surface area (Å²) in [6.45, 7) is 7.77. The Balaban J connectivity index is 0. The van der Waals surface area contributed by atoms with Crippen molar-refractivity contribution >= 4 is 30.7 Å². The van der Waals surface area contributed by atoms with Crippen molar-refractivity contribution in [1.29, 1.82) is 0 Å². The summed E-state index contributed by atoms with van der Waals surface area (Å²) in [6.07, 6.45) is 0.581. The SMILES string of the molecule is CCN(CC)CCNC(=O)C(N)Cc1ccccc1.Cl.Cl. The van der Waals surface area contributed by atoms with Gasteiger partial charge in [-0.25, -0.2) is 0 Å². The Labute approximate surface area is 140 Å². The van der Waals surface area contributed by atoms with Crippen LogP contribution in [0.15, 0.2) is 30.3 Å². The van der Waals surface area contributed by atoms with Crippen LogP contribution in [-0.4, -0.2) is 43.0 Å². The maximum atomic E-state index is 11.9. The molecule has 122 valence electrons. The Hall–Kier alpha value is -0.810. The number of hydrogen-bond acceptors (Lipinski definition) is 3. The molecule has 4 nitrogen and oxygen atoms in total.